The average molecular weight is 369 g/mol. The van der Waals surface area contributed by atoms with Crippen LogP contribution >= 0.6 is 0 Å². The fraction of sp³-hybridized carbons (Fsp3) is 0.381. The lowest BCUT2D eigenvalue weighted by atomic mass is 10.1. The minimum atomic E-state index is -0.183. The van der Waals surface area contributed by atoms with E-state index in [0.717, 1.165) is 24.4 Å². The number of hydrogen-bond donors (Lipinski definition) is 2. The number of nitrogens with one attached hydrogen (secondary N) is 2. The summed E-state index contributed by atoms with van der Waals surface area (Å²) in [6, 6.07) is 15.1. The SMILES string of the molecule is COc1cccc(Oc2ccc(NC(=O)NCC[C@H]3CCCN3C)cc2)c1. The maximum Gasteiger partial charge on any atom is 0.319 e. The molecular weight excluding hydrogens is 342 g/mol. The Morgan fingerprint density at radius 1 is 1.15 bits per heavy atom. The van der Waals surface area contributed by atoms with Crippen LogP contribution in [0.2, 0.25) is 0 Å². The molecule has 2 aromatic rings. The van der Waals surface area contributed by atoms with Crippen LogP contribution in [-0.4, -0.2) is 44.2 Å². The summed E-state index contributed by atoms with van der Waals surface area (Å²) < 4.78 is 11.0. The van der Waals surface area contributed by atoms with Crippen LogP contribution in [0.3, 0.4) is 0 Å². The Hall–Kier alpha value is -2.73. The molecule has 6 nitrogen and oxygen atoms in total. The number of carbonyl (C=O) groups excluding carboxylic acids is 1. The van der Waals surface area contributed by atoms with Crippen LogP contribution in [0, 0.1) is 0 Å². The quantitative estimate of drug-likeness (QED) is 0.771. The molecule has 27 heavy (non-hydrogen) atoms. The van der Waals surface area contributed by atoms with Crippen LogP contribution in [0.15, 0.2) is 48.5 Å². The molecule has 1 aliphatic rings. The molecule has 0 radical (unpaired) electrons. The Morgan fingerprint density at radius 3 is 2.63 bits per heavy atom. The minimum Gasteiger partial charge on any atom is -0.497 e. The zero-order valence-electron chi connectivity index (χ0n) is 15.9. The zero-order chi connectivity index (χ0) is 19.1. The topological polar surface area (TPSA) is 62.8 Å². The molecule has 1 atom stereocenters. The van der Waals surface area contributed by atoms with E-state index >= 15 is 0 Å². The van der Waals surface area contributed by atoms with E-state index in [2.05, 4.69) is 22.6 Å². The van der Waals surface area contributed by atoms with Crippen LogP contribution in [0.5, 0.6) is 17.2 Å². The van der Waals surface area contributed by atoms with Gasteiger partial charge < -0.3 is 25.0 Å². The van der Waals surface area contributed by atoms with Gasteiger partial charge >= 0.3 is 6.03 Å². The summed E-state index contributed by atoms with van der Waals surface area (Å²) in [5.41, 5.74) is 0.725. The van der Waals surface area contributed by atoms with Crippen molar-refractivity contribution < 1.29 is 14.3 Å². The fourth-order valence-corrected chi connectivity index (χ4v) is 3.28. The summed E-state index contributed by atoms with van der Waals surface area (Å²) in [7, 11) is 3.77. The van der Waals surface area contributed by atoms with Crippen molar-refractivity contribution in [1.82, 2.24) is 10.2 Å². The molecule has 2 N–H and O–H groups in total. The van der Waals surface area contributed by atoms with Gasteiger partial charge in [-0.15, -0.1) is 0 Å². The second-order valence-electron chi connectivity index (χ2n) is 6.75. The Morgan fingerprint density at radius 2 is 1.93 bits per heavy atom. The van der Waals surface area contributed by atoms with Crippen LogP contribution in [0.25, 0.3) is 0 Å². The van der Waals surface area contributed by atoms with Gasteiger partial charge in [0.2, 0.25) is 0 Å². The van der Waals surface area contributed by atoms with Crippen molar-refractivity contribution in [2.24, 2.45) is 0 Å². The van der Waals surface area contributed by atoms with Gasteiger partial charge in [0.1, 0.15) is 17.2 Å². The van der Waals surface area contributed by atoms with Gasteiger partial charge in [0, 0.05) is 24.3 Å². The van der Waals surface area contributed by atoms with Gasteiger partial charge in [-0.3, -0.25) is 0 Å². The molecule has 0 spiro atoms. The lowest BCUT2D eigenvalue weighted by Gasteiger charge is -2.19. The van der Waals surface area contributed by atoms with E-state index in [4.69, 9.17) is 9.47 Å². The van der Waals surface area contributed by atoms with Crippen molar-refractivity contribution in [2.45, 2.75) is 25.3 Å². The minimum absolute atomic E-state index is 0.183. The molecule has 0 saturated carbocycles. The smallest absolute Gasteiger partial charge is 0.319 e. The maximum atomic E-state index is 12.0. The zero-order valence-corrected chi connectivity index (χ0v) is 15.9. The maximum absolute atomic E-state index is 12.0. The first-order valence-electron chi connectivity index (χ1n) is 9.31. The van der Waals surface area contributed by atoms with Crippen LogP contribution < -0.4 is 20.1 Å². The summed E-state index contributed by atoms with van der Waals surface area (Å²) >= 11 is 0. The van der Waals surface area contributed by atoms with Crippen LogP contribution in [0.1, 0.15) is 19.3 Å². The van der Waals surface area contributed by atoms with Gasteiger partial charge in [0.15, 0.2) is 0 Å². The summed E-state index contributed by atoms with van der Waals surface area (Å²) in [5.74, 6) is 2.13. The first-order chi connectivity index (χ1) is 13.1. The van der Waals surface area contributed by atoms with Crippen molar-refractivity contribution >= 4 is 11.7 Å². The van der Waals surface area contributed by atoms with Crippen molar-refractivity contribution in [2.75, 3.05) is 32.6 Å². The van der Waals surface area contributed by atoms with E-state index in [1.54, 1.807) is 7.11 Å². The third-order valence-electron chi connectivity index (χ3n) is 4.82. The van der Waals surface area contributed by atoms with E-state index in [9.17, 15) is 4.79 Å². The van der Waals surface area contributed by atoms with E-state index < -0.39 is 0 Å². The highest BCUT2D eigenvalue weighted by Gasteiger charge is 2.20. The number of hydrogen-bond acceptors (Lipinski definition) is 4. The van der Waals surface area contributed by atoms with Crippen LogP contribution in [-0.2, 0) is 0 Å². The molecule has 2 aromatic carbocycles. The largest absolute Gasteiger partial charge is 0.497 e. The lowest BCUT2D eigenvalue weighted by molar-refractivity contribution is 0.248. The van der Waals surface area contributed by atoms with E-state index in [1.807, 2.05) is 48.5 Å². The van der Waals surface area contributed by atoms with Crippen molar-refractivity contribution in [3.05, 3.63) is 48.5 Å². The highest BCUT2D eigenvalue weighted by molar-refractivity contribution is 5.89. The molecule has 1 fully saturated rings. The van der Waals surface area contributed by atoms with Gasteiger partial charge in [-0.25, -0.2) is 4.79 Å². The monoisotopic (exact) mass is 369 g/mol. The number of urea groups is 1. The molecule has 144 valence electrons. The number of benzene rings is 2. The molecule has 0 unspecified atom stereocenters. The third kappa shape index (κ3) is 5.62. The molecule has 1 aliphatic heterocycles. The first-order valence-corrected chi connectivity index (χ1v) is 9.31. The second kappa shape index (κ2) is 9.28. The molecule has 1 heterocycles. The summed E-state index contributed by atoms with van der Waals surface area (Å²) in [6.45, 7) is 1.83. The second-order valence-corrected chi connectivity index (χ2v) is 6.75. The highest BCUT2D eigenvalue weighted by atomic mass is 16.5. The van der Waals surface area contributed by atoms with Crippen molar-refractivity contribution in [3.63, 3.8) is 0 Å². The molecule has 3 rings (SSSR count). The lowest BCUT2D eigenvalue weighted by Crippen LogP contribution is -2.34. The Bertz CT molecular complexity index is 749. The van der Waals surface area contributed by atoms with E-state index in [1.165, 1.54) is 12.8 Å². The molecule has 1 saturated heterocycles. The van der Waals surface area contributed by atoms with Gasteiger partial charge in [-0.1, -0.05) is 6.07 Å². The molecule has 6 heteroatoms. The number of rotatable bonds is 7. The molecule has 0 bridgehead atoms. The molecular formula is C21H27N3O3. The first kappa shape index (κ1) is 19.0. The predicted octanol–water partition coefficient (Wildman–Crippen LogP) is 4.09. The number of nitrogens with zero attached hydrogens (tertiary/aromatic N) is 1. The van der Waals surface area contributed by atoms with E-state index in [-0.39, 0.29) is 6.03 Å². The number of carbonyl (C=O) groups is 1. The highest BCUT2D eigenvalue weighted by Crippen LogP contribution is 2.26. The van der Waals surface area contributed by atoms with Gasteiger partial charge in [0.05, 0.1) is 7.11 Å². The molecule has 0 aliphatic carbocycles. The average Bonchev–Trinajstić information content (AvgIpc) is 3.08. The van der Waals surface area contributed by atoms with Crippen molar-refractivity contribution in [3.8, 4) is 17.2 Å². The standard InChI is InChI=1S/C21H27N3O3/c1-24-14-4-5-17(24)12-13-22-21(25)23-16-8-10-18(11-9-16)27-20-7-3-6-19(15-20)26-2/h3,6-11,15,17H,4-5,12-14H2,1-2H3,(H2,22,23,25)/t17-/m1/s1. The third-order valence-corrected chi connectivity index (χ3v) is 4.82. The fourth-order valence-electron chi connectivity index (χ4n) is 3.28. The molecule has 0 aromatic heterocycles. The molecule has 2 amide bonds. The number of anilines is 1. The normalized spacial score (nSPS) is 16.7. The van der Waals surface area contributed by atoms with Gasteiger partial charge in [0.25, 0.3) is 0 Å². The van der Waals surface area contributed by atoms with Gasteiger partial charge in [-0.2, -0.15) is 0 Å². The summed E-state index contributed by atoms with van der Waals surface area (Å²) in [4.78, 5) is 14.4. The van der Waals surface area contributed by atoms with E-state index in [0.29, 0.717) is 24.1 Å². The number of ether oxygens (including phenoxy) is 2. The Labute approximate surface area is 160 Å². The Balaban J connectivity index is 1.44. The van der Waals surface area contributed by atoms with Crippen molar-refractivity contribution in [1.29, 1.82) is 0 Å². The van der Waals surface area contributed by atoms with Gasteiger partial charge in [-0.05, 0) is 69.3 Å². The number of amides is 2. The van der Waals surface area contributed by atoms with Crippen LogP contribution in [0.4, 0.5) is 10.5 Å². The number of likely N-dealkylation sites (tertiary alicyclic amines) is 1. The predicted molar refractivity (Wildman–Crippen MR) is 107 cm³/mol. The Kier molecular flexibility index (Phi) is 6.54. The summed E-state index contributed by atoms with van der Waals surface area (Å²) in [6.07, 6.45) is 3.45. The summed E-state index contributed by atoms with van der Waals surface area (Å²) in [5, 5.41) is 5.77. The number of methoxy groups -OCH3 is 1.